The minimum Gasteiger partial charge on any atom is -0.421 e. The molecule has 0 heterocycles. The van der Waals surface area contributed by atoms with Crippen molar-refractivity contribution < 1.29 is 46.0 Å². The van der Waals surface area contributed by atoms with Crippen LogP contribution in [0.5, 0.6) is 0 Å². The molecule has 0 aliphatic rings. The molecule has 4 N–H and O–H groups in total. The largest absolute Gasteiger partial charge is 0.421 e. The minimum absolute atomic E-state index is 0. The Hall–Kier alpha value is -3.52. The van der Waals surface area contributed by atoms with E-state index < -0.39 is 16.6 Å². The zero-order chi connectivity index (χ0) is 36.2. The molecule has 6 aromatic rings. The van der Waals surface area contributed by atoms with E-state index in [0.29, 0.717) is 0 Å². The SMILES string of the molecule is CCC(C)O.CCC(C)O.O[Si](c1ccccc1)(c1ccccc1)c1ccccc1.O[Si](c1ccccc1)(c1ccccc1)c1ccccc1.[Zr]. The summed E-state index contributed by atoms with van der Waals surface area (Å²) in [7, 11) is -5.76. The Morgan fingerprint density at radius 3 is 0.569 bits per heavy atom. The molecule has 7 heteroatoms. The molecule has 0 amide bonds. The summed E-state index contributed by atoms with van der Waals surface area (Å²) in [6.07, 6.45) is 1.49. The van der Waals surface area contributed by atoms with E-state index in [-0.39, 0.29) is 38.4 Å². The second-order valence-corrected chi connectivity index (χ2v) is 18.4. The predicted molar refractivity (Wildman–Crippen MR) is 216 cm³/mol. The van der Waals surface area contributed by atoms with Gasteiger partial charge in [0.25, 0.3) is 16.6 Å². The van der Waals surface area contributed by atoms with Gasteiger partial charge in [-0.1, -0.05) is 196 Å². The molecule has 0 saturated heterocycles. The van der Waals surface area contributed by atoms with E-state index in [1.54, 1.807) is 13.8 Å². The van der Waals surface area contributed by atoms with E-state index in [4.69, 9.17) is 10.2 Å². The van der Waals surface area contributed by atoms with Gasteiger partial charge in [0.15, 0.2) is 0 Å². The number of hydrogen-bond acceptors (Lipinski definition) is 4. The minimum atomic E-state index is -2.88. The molecule has 0 aliphatic heterocycles. The van der Waals surface area contributed by atoms with Crippen LogP contribution in [0.15, 0.2) is 182 Å². The van der Waals surface area contributed by atoms with Gasteiger partial charge in [-0.3, -0.25) is 0 Å². The van der Waals surface area contributed by atoms with Gasteiger partial charge < -0.3 is 19.8 Å². The topological polar surface area (TPSA) is 80.9 Å². The molecule has 0 bridgehead atoms. The first kappa shape index (κ1) is 43.6. The Morgan fingerprint density at radius 1 is 0.353 bits per heavy atom. The zero-order valence-corrected chi connectivity index (χ0v) is 34.6. The monoisotopic (exact) mass is 790 g/mol. The van der Waals surface area contributed by atoms with Gasteiger partial charge in [0.2, 0.25) is 0 Å². The molecule has 51 heavy (non-hydrogen) atoms. The van der Waals surface area contributed by atoms with Crippen molar-refractivity contribution in [2.24, 2.45) is 0 Å². The molecule has 264 valence electrons. The second kappa shape index (κ2) is 23.1. The third-order valence-electron chi connectivity index (χ3n) is 8.33. The number of aliphatic hydroxyl groups is 2. The van der Waals surface area contributed by atoms with Gasteiger partial charge in [-0.2, -0.15) is 0 Å². The second-order valence-electron chi connectivity index (χ2n) is 12.1. The van der Waals surface area contributed by atoms with Crippen molar-refractivity contribution in [3.63, 3.8) is 0 Å². The van der Waals surface area contributed by atoms with Gasteiger partial charge in [-0.25, -0.2) is 0 Å². The molecule has 0 saturated carbocycles. The first-order valence-corrected chi connectivity index (χ1v) is 21.2. The van der Waals surface area contributed by atoms with Crippen LogP contribution in [0.1, 0.15) is 40.5 Å². The summed E-state index contributed by atoms with van der Waals surface area (Å²) in [5.74, 6) is 0. The summed E-state index contributed by atoms with van der Waals surface area (Å²) in [5.41, 5.74) is 0. The zero-order valence-electron chi connectivity index (χ0n) is 30.2. The third-order valence-corrected chi connectivity index (χ3v) is 15.3. The van der Waals surface area contributed by atoms with Crippen LogP contribution in [0.4, 0.5) is 0 Å². The van der Waals surface area contributed by atoms with Crippen molar-refractivity contribution >= 4 is 47.8 Å². The van der Waals surface area contributed by atoms with Crippen LogP contribution < -0.4 is 31.1 Å². The van der Waals surface area contributed by atoms with Gasteiger partial charge in [0.05, 0.1) is 12.2 Å². The molecule has 0 aliphatic carbocycles. The van der Waals surface area contributed by atoms with Crippen molar-refractivity contribution in [1.82, 2.24) is 0 Å². The molecular formula is C44H52O4Si2Zr. The Bertz CT molecular complexity index is 1400. The molecule has 0 aromatic heterocycles. The van der Waals surface area contributed by atoms with E-state index in [0.717, 1.165) is 44.0 Å². The Morgan fingerprint density at radius 2 is 0.471 bits per heavy atom. The van der Waals surface area contributed by atoms with Crippen LogP contribution in [-0.4, -0.2) is 48.6 Å². The van der Waals surface area contributed by atoms with Crippen molar-refractivity contribution in [3.8, 4) is 0 Å². The van der Waals surface area contributed by atoms with Crippen LogP contribution in [0.25, 0.3) is 0 Å². The van der Waals surface area contributed by atoms with Gasteiger partial charge in [-0.05, 0) is 57.8 Å². The van der Waals surface area contributed by atoms with Crippen LogP contribution in [-0.2, 0) is 26.2 Å². The van der Waals surface area contributed by atoms with E-state index in [1.807, 2.05) is 196 Å². The van der Waals surface area contributed by atoms with Gasteiger partial charge in [0, 0.05) is 26.2 Å². The molecule has 0 radical (unpaired) electrons. The fraction of sp³-hybridized carbons (Fsp3) is 0.182. The molecule has 2 atom stereocenters. The Balaban J connectivity index is 0.000000276. The number of benzene rings is 6. The van der Waals surface area contributed by atoms with E-state index in [1.165, 1.54) is 0 Å². The molecule has 4 nitrogen and oxygen atoms in total. The fourth-order valence-corrected chi connectivity index (χ4v) is 11.1. The molecule has 6 rings (SSSR count). The van der Waals surface area contributed by atoms with Crippen LogP contribution in [0, 0.1) is 0 Å². The van der Waals surface area contributed by atoms with Crippen LogP contribution in [0.3, 0.4) is 0 Å². The summed E-state index contributed by atoms with van der Waals surface area (Å²) in [4.78, 5) is 23.1. The van der Waals surface area contributed by atoms with Gasteiger partial charge >= 0.3 is 0 Å². The predicted octanol–water partition coefficient (Wildman–Crippen LogP) is 4.84. The average Bonchev–Trinajstić information content (AvgIpc) is 3.20. The first-order chi connectivity index (χ1) is 24.2. The number of hydrogen-bond donors (Lipinski definition) is 4. The fourth-order valence-electron chi connectivity index (χ4n) is 5.08. The Kier molecular flexibility index (Phi) is 19.8. The summed E-state index contributed by atoms with van der Waals surface area (Å²) < 4.78 is 0. The number of aliphatic hydroxyl groups excluding tert-OH is 2. The van der Waals surface area contributed by atoms with E-state index in [2.05, 4.69) is 0 Å². The van der Waals surface area contributed by atoms with Crippen molar-refractivity contribution in [3.05, 3.63) is 182 Å². The molecule has 0 spiro atoms. The number of rotatable bonds is 8. The van der Waals surface area contributed by atoms with E-state index >= 15 is 0 Å². The maximum absolute atomic E-state index is 11.6. The molecular weight excluding hydrogens is 740 g/mol. The van der Waals surface area contributed by atoms with Crippen LogP contribution in [0.2, 0.25) is 0 Å². The normalized spacial score (nSPS) is 11.8. The maximum atomic E-state index is 11.6. The van der Waals surface area contributed by atoms with E-state index in [9.17, 15) is 9.59 Å². The van der Waals surface area contributed by atoms with Crippen molar-refractivity contribution in [2.45, 2.75) is 52.7 Å². The third kappa shape index (κ3) is 12.9. The summed E-state index contributed by atoms with van der Waals surface area (Å²) >= 11 is 0. The quantitative estimate of drug-likeness (QED) is 0.132. The van der Waals surface area contributed by atoms with Gasteiger partial charge in [0.1, 0.15) is 0 Å². The standard InChI is InChI=1S/2C18H16OSi.2C4H10O.Zr/c2*19-20(16-10-4-1-5-11-16,17-12-6-2-7-13-17)18-14-8-3-9-15-18;2*1-3-4(2)5;/h2*1-15,19H;2*4-5H,3H2,1-2H3;. The molecule has 0 fully saturated rings. The smallest absolute Gasteiger partial charge is 0.285 e. The average molecular weight is 792 g/mol. The first-order valence-electron chi connectivity index (χ1n) is 17.3. The van der Waals surface area contributed by atoms with Crippen LogP contribution >= 0.6 is 0 Å². The Labute approximate surface area is 326 Å². The summed E-state index contributed by atoms with van der Waals surface area (Å²) in [6.45, 7) is 7.45. The van der Waals surface area contributed by atoms with Crippen molar-refractivity contribution in [2.75, 3.05) is 0 Å². The molecule has 2 unspecified atom stereocenters. The summed E-state index contributed by atoms with van der Waals surface area (Å²) in [6, 6.07) is 59.9. The maximum Gasteiger partial charge on any atom is 0.285 e. The molecule has 6 aromatic carbocycles. The summed E-state index contributed by atoms with van der Waals surface area (Å²) in [5, 5.41) is 22.8. The van der Waals surface area contributed by atoms with Gasteiger partial charge in [-0.15, -0.1) is 0 Å². The van der Waals surface area contributed by atoms with Crippen molar-refractivity contribution in [1.29, 1.82) is 0 Å².